The minimum absolute atomic E-state index is 0.113. The van der Waals surface area contributed by atoms with Crippen LogP contribution in [0.1, 0.15) is 27.0 Å². The largest absolute Gasteiger partial charge is 0.298 e. The summed E-state index contributed by atoms with van der Waals surface area (Å²) in [5, 5.41) is 3.48. The van der Waals surface area contributed by atoms with E-state index in [9.17, 15) is 9.59 Å². The third kappa shape index (κ3) is 3.74. The van der Waals surface area contributed by atoms with Crippen LogP contribution in [0.25, 0.3) is 11.3 Å². The number of ketones is 1. The van der Waals surface area contributed by atoms with Gasteiger partial charge in [-0.3, -0.25) is 14.9 Å². The van der Waals surface area contributed by atoms with Crippen molar-refractivity contribution < 1.29 is 9.59 Å². The number of hydrogen-bond donors (Lipinski definition) is 1. The number of benzene rings is 2. The number of Topliss-reactive ketones (excluding diaryl/α,β-unsaturated/α-hetero) is 1. The molecule has 2 aromatic carbocycles. The van der Waals surface area contributed by atoms with E-state index in [1.807, 2.05) is 30.3 Å². The molecule has 1 aromatic heterocycles. The van der Waals surface area contributed by atoms with E-state index in [1.54, 1.807) is 18.2 Å². The predicted molar refractivity (Wildman–Crippen MR) is 102 cm³/mol. The lowest BCUT2D eigenvalue weighted by Crippen LogP contribution is -2.12. The normalized spacial score (nSPS) is 10.5. The van der Waals surface area contributed by atoms with Gasteiger partial charge >= 0.3 is 0 Å². The van der Waals surface area contributed by atoms with Crippen molar-refractivity contribution in [1.82, 2.24) is 4.98 Å². The Morgan fingerprint density at radius 2 is 1.76 bits per heavy atom. The van der Waals surface area contributed by atoms with Gasteiger partial charge in [0.05, 0.1) is 26.2 Å². The average molecular weight is 391 g/mol. The maximum Gasteiger partial charge on any atom is 0.259 e. The molecule has 25 heavy (non-hydrogen) atoms. The zero-order valence-corrected chi connectivity index (χ0v) is 15.4. The molecule has 0 aliphatic carbocycles. The molecule has 1 N–H and O–H groups in total. The summed E-state index contributed by atoms with van der Waals surface area (Å²) in [6.07, 6.45) is 0. The summed E-state index contributed by atoms with van der Waals surface area (Å²) in [6, 6.07) is 14.1. The molecule has 0 bridgehead atoms. The Labute approximate surface area is 158 Å². The molecule has 0 atom stereocenters. The number of rotatable bonds is 4. The van der Waals surface area contributed by atoms with Crippen LogP contribution in [-0.4, -0.2) is 16.7 Å². The number of nitrogens with one attached hydrogen (secondary N) is 1. The first-order valence-electron chi connectivity index (χ1n) is 7.30. The molecular formula is C18H12Cl2N2O2S. The van der Waals surface area contributed by atoms with Crippen LogP contribution in [-0.2, 0) is 0 Å². The first-order valence-corrected chi connectivity index (χ1v) is 8.87. The molecule has 1 amide bonds. The number of thiazole rings is 1. The van der Waals surface area contributed by atoms with Crippen LogP contribution >= 0.6 is 34.5 Å². The molecule has 126 valence electrons. The van der Waals surface area contributed by atoms with E-state index < -0.39 is 5.91 Å². The van der Waals surface area contributed by atoms with E-state index >= 15 is 0 Å². The van der Waals surface area contributed by atoms with Gasteiger partial charge in [-0.15, -0.1) is 0 Å². The van der Waals surface area contributed by atoms with Crippen molar-refractivity contribution in [1.29, 1.82) is 0 Å². The smallest absolute Gasteiger partial charge is 0.259 e. The fourth-order valence-corrected chi connectivity index (χ4v) is 3.51. The second kappa shape index (κ2) is 7.35. The molecule has 0 saturated carbocycles. The molecule has 0 fully saturated rings. The van der Waals surface area contributed by atoms with Crippen molar-refractivity contribution in [3.05, 3.63) is 69.0 Å². The Morgan fingerprint density at radius 3 is 2.44 bits per heavy atom. The number of hydrogen-bond acceptors (Lipinski definition) is 4. The van der Waals surface area contributed by atoms with Gasteiger partial charge in [0.15, 0.2) is 10.9 Å². The van der Waals surface area contributed by atoms with Crippen LogP contribution in [0, 0.1) is 0 Å². The lowest BCUT2D eigenvalue weighted by molar-refractivity contribution is 0.101. The first kappa shape index (κ1) is 17.6. The summed E-state index contributed by atoms with van der Waals surface area (Å²) in [6.45, 7) is 1.47. The molecule has 0 aliphatic rings. The number of carbonyl (C=O) groups excluding carboxylic acids is 2. The number of carbonyl (C=O) groups is 2. The molecule has 0 aliphatic heterocycles. The van der Waals surface area contributed by atoms with Gasteiger partial charge in [-0.25, -0.2) is 4.98 Å². The Morgan fingerprint density at radius 1 is 1.04 bits per heavy atom. The van der Waals surface area contributed by atoms with E-state index in [1.165, 1.54) is 6.92 Å². The Hall–Kier alpha value is -2.21. The number of aromatic nitrogens is 1. The molecular weight excluding hydrogens is 379 g/mol. The lowest BCUT2D eigenvalue weighted by Gasteiger charge is -2.05. The summed E-state index contributed by atoms with van der Waals surface area (Å²) >= 11 is 13.1. The first-order chi connectivity index (χ1) is 12.0. The highest BCUT2D eigenvalue weighted by molar-refractivity contribution is 7.18. The monoisotopic (exact) mass is 390 g/mol. The highest BCUT2D eigenvalue weighted by Gasteiger charge is 2.19. The highest BCUT2D eigenvalue weighted by atomic mass is 35.5. The van der Waals surface area contributed by atoms with Gasteiger partial charge in [-0.05, 0) is 12.1 Å². The minimum Gasteiger partial charge on any atom is -0.298 e. The van der Waals surface area contributed by atoms with Gasteiger partial charge in [0.2, 0.25) is 0 Å². The third-order valence-electron chi connectivity index (χ3n) is 3.41. The van der Waals surface area contributed by atoms with E-state index in [2.05, 4.69) is 10.3 Å². The second-order valence-corrected chi connectivity index (χ2v) is 6.96. The minimum atomic E-state index is -0.434. The topological polar surface area (TPSA) is 59.1 Å². The molecule has 0 spiro atoms. The van der Waals surface area contributed by atoms with Crippen LogP contribution in [0.3, 0.4) is 0 Å². The van der Waals surface area contributed by atoms with Crippen LogP contribution < -0.4 is 5.32 Å². The molecule has 3 rings (SSSR count). The van der Waals surface area contributed by atoms with Gasteiger partial charge in [0.1, 0.15) is 0 Å². The lowest BCUT2D eigenvalue weighted by atomic mass is 10.1. The summed E-state index contributed by atoms with van der Waals surface area (Å²) in [5.74, 6) is -0.548. The predicted octanol–water partition coefficient (Wildman–Crippen LogP) is 5.57. The molecule has 0 radical (unpaired) electrons. The van der Waals surface area contributed by atoms with Crippen LogP contribution in [0.2, 0.25) is 10.0 Å². The highest BCUT2D eigenvalue weighted by Crippen LogP contribution is 2.32. The van der Waals surface area contributed by atoms with Crippen LogP contribution in [0.15, 0.2) is 48.5 Å². The van der Waals surface area contributed by atoms with Crippen LogP contribution in [0.5, 0.6) is 0 Å². The number of anilines is 1. The summed E-state index contributed by atoms with van der Waals surface area (Å²) in [4.78, 5) is 29.3. The van der Waals surface area contributed by atoms with Gasteiger partial charge in [0, 0.05) is 12.5 Å². The van der Waals surface area contributed by atoms with Gasteiger partial charge in [-0.1, -0.05) is 70.9 Å². The number of amides is 1. The average Bonchev–Trinajstić information content (AvgIpc) is 3.02. The van der Waals surface area contributed by atoms with E-state index in [0.29, 0.717) is 20.7 Å². The standard InChI is InChI=1S/C18H12Cl2N2O2S/c1-10(23)16-15(11-6-3-2-4-7-11)21-18(25-16)22-17(24)12-8-5-9-13(19)14(12)20/h2-9H,1H3,(H,21,22,24). The Bertz CT molecular complexity index is 955. The molecule has 1 heterocycles. The van der Waals surface area contributed by atoms with E-state index in [4.69, 9.17) is 23.2 Å². The fourth-order valence-electron chi connectivity index (χ4n) is 2.25. The van der Waals surface area contributed by atoms with Crippen LogP contribution in [0.4, 0.5) is 5.13 Å². The third-order valence-corrected chi connectivity index (χ3v) is 5.30. The van der Waals surface area contributed by atoms with Crippen molar-refractivity contribution >= 4 is 51.4 Å². The zero-order valence-electron chi connectivity index (χ0n) is 13.0. The van der Waals surface area contributed by atoms with Crippen molar-refractivity contribution in [2.24, 2.45) is 0 Å². The molecule has 4 nitrogen and oxygen atoms in total. The quantitative estimate of drug-likeness (QED) is 0.592. The number of halogens is 2. The fraction of sp³-hybridized carbons (Fsp3) is 0.0556. The summed E-state index contributed by atoms with van der Waals surface area (Å²) < 4.78 is 0. The van der Waals surface area contributed by atoms with Crippen molar-refractivity contribution in [2.45, 2.75) is 6.92 Å². The maximum absolute atomic E-state index is 12.4. The van der Waals surface area contributed by atoms with Crippen molar-refractivity contribution in [3.8, 4) is 11.3 Å². The molecule has 7 heteroatoms. The summed E-state index contributed by atoms with van der Waals surface area (Å²) in [7, 11) is 0. The molecule has 3 aromatic rings. The maximum atomic E-state index is 12.4. The molecule has 0 unspecified atom stereocenters. The van der Waals surface area contributed by atoms with E-state index in [-0.39, 0.29) is 16.4 Å². The summed E-state index contributed by atoms with van der Waals surface area (Å²) in [5.41, 5.74) is 1.60. The number of nitrogens with zero attached hydrogens (tertiary/aromatic N) is 1. The Kier molecular flexibility index (Phi) is 5.18. The van der Waals surface area contributed by atoms with Crippen molar-refractivity contribution in [3.63, 3.8) is 0 Å². The SMILES string of the molecule is CC(=O)c1sc(NC(=O)c2cccc(Cl)c2Cl)nc1-c1ccccc1. The van der Waals surface area contributed by atoms with Crippen molar-refractivity contribution in [2.75, 3.05) is 5.32 Å². The second-order valence-electron chi connectivity index (χ2n) is 5.17. The molecule has 0 saturated heterocycles. The van der Waals surface area contributed by atoms with Gasteiger partial charge < -0.3 is 0 Å². The zero-order chi connectivity index (χ0) is 18.0. The van der Waals surface area contributed by atoms with Gasteiger partial charge in [0.25, 0.3) is 5.91 Å². The Balaban J connectivity index is 1.95. The van der Waals surface area contributed by atoms with E-state index in [0.717, 1.165) is 16.9 Å². The van der Waals surface area contributed by atoms with Gasteiger partial charge in [-0.2, -0.15) is 0 Å².